The Morgan fingerprint density at radius 2 is 1.76 bits per heavy atom. The summed E-state index contributed by atoms with van der Waals surface area (Å²) in [7, 11) is 4.70. The molecule has 0 radical (unpaired) electrons. The monoisotopic (exact) mass is 235 g/mol. The molecule has 0 aliphatic heterocycles. The zero-order valence-electron chi connectivity index (χ0n) is 9.89. The van der Waals surface area contributed by atoms with E-state index in [0.717, 1.165) is 5.56 Å². The number of nitrogens with zero attached hydrogens (tertiary/aromatic N) is 1. The molecule has 0 aliphatic carbocycles. The number of aromatic nitrogens is 1. The number of oxazole rings is 1. The van der Waals surface area contributed by atoms with Crippen molar-refractivity contribution in [2.75, 3.05) is 21.3 Å². The average Bonchev–Trinajstić information content (AvgIpc) is 2.86. The maximum absolute atomic E-state index is 5.36. The normalized spacial score (nSPS) is 10.1. The number of ether oxygens (including phenoxy) is 3. The van der Waals surface area contributed by atoms with Crippen molar-refractivity contribution < 1.29 is 18.6 Å². The summed E-state index contributed by atoms with van der Waals surface area (Å²) in [5.41, 5.74) is 0.797. The second kappa shape index (κ2) is 4.78. The topological polar surface area (TPSA) is 53.7 Å². The third-order valence-electron chi connectivity index (χ3n) is 2.32. The molecule has 0 N–H and O–H groups in total. The van der Waals surface area contributed by atoms with E-state index in [1.54, 1.807) is 26.4 Å². The molecule has 90 valence electrons. The molecule has 0 spiro atoms. The van der Waals surface area contributed by atoms with Gasteiger partial charge in [-0.3, -0.25) is 0 Å². The molecule has 0 fully saturated rings. The summed E-state index contributed by atoms with van der Waals surface area (Å²) in [6.45, 7) is 0. The van der Waals surface area contributed by atoms with E-state index >= 15 is 0 Å². The molecule has 0 saturated heterocycles. The van der Waals surface area contributed by atoms with Gasteiger partial charge in [0.25, 0.3) is 0 Å². The van der Waals surface area contributed by atoms with E-state index in [-0.39, 0.29) is 0 Å². The molecule has 1 aromatic heterocycles. The molecule has 1 heterocycles. The number of hydrogen-bond acceptors (Lipinski definition) is 5. The molecule has 5 heteroatoms. The smallest absolute Gasteiger partial charge is 0.305 e. The first-order chi connectivity index (χ1) is 8.28. The molecule has 0 saturated carbocycles. The summed E-state index contributed by atoms with van der Waals surface area (Å²) in [6.07, 6.45) is 1.52. The highest BCUT2D eigenvalue weighted by molar-refractivity contribution is 5.60. The van der Waals surface area contributed by atoms with Crippen molar-refractivity contribution in [1.82, 2.24) is 4.98 Å². The van der Waals surface area contributed by atoms with Gasteiger partial charge in [0.2, 0.25) is 5.89 Å². The first-order valence-electron chi connectivity index (χ1n) is 5.00. The highest BCUT2D eigenvalue weighted by Gasteiger charge is 2.10. The summed E-state index contributed by atoms with van der Waals surface area (Å²) in [4.78, 5) is 4.10. The van der Waals surface area contributed by atoms with Crippen molar-refractivity contribution in [1.29, 1.82) is 0 Å². The lowest BCUT2D eigenvalue weighted by Gasteiger charge is -2.07. The molecule has 0 atom stereocenters. The Morgan fingerprint density at radius 1 is 1.00 bits per heavy atom. The molecule has 0 unspecified atom stereocenters. The molecular weight excluding hydrogens is 222 g/mol. The lowest BCUT2D eigenvalue weighted by Crippen LogP contribution is -1.90. The lowest BCUT2D eigenvalue weighted by molar-refractivity contribution is 0.308. The van der Waals surface area contributed by atoms with Gasteiger partial charge in [-0.2, -0.15) is 0 Å². The van der Waals surface area contributed by atoms with Crippen molar-refractivity contribution in [3.05, 3.63) is 24.4 Å². The van der Waals surface area contributed by atoms with E-state index in [9.17, 15) is 0 Å². The number of hydrogen-bond donors (Lipinski definition) is 0. The van der Waals surface area contributed by atoms with Crippen LogP contribution in [0.1, 0.15) is 0 Å². The summed E-state index contributed by atoms with van der Waals surface area (Å²) in [5, 5.41) is 0. The largest absolute Gasteiger partial charge is 0.493 e. The third-order valence-corrected chi connectivity index (χ3v) is 2.32. The van der Waals surface area contributed by atoms with Crippen LogP contribution in [0, 0.1) is 0 Å². The highest BCUT2D eigenvalue weighted by atomic mass is 16.6. The average molecular weight is 235 g/mol. The van der Waals surface area contributed by atoms with Crippen LogP contribution in [0.5, 0.6) is 17.4 Å². The van der Waals surface area contributed by atoms with Crippen LogP contribution in [0.2, 0.25) is 0 Å². The zero-order valence-corrected chi connectivity index (χ0v) is 9.89. The molecule has 1 aromatic carbocycles. The Balaban J connectivity index is 2.38. The van der Waals surface area contributed by atoms with Crippen LogP contribution in [0.15, 0.2) is 28.8 Å². The SMILES string of the molecule is COc1cnc(-c2ccc(OC)c(OC)c2)o1. The Hall–Kier alpha value is -2.17. The van der Waals surface area contributed by atoms with Crippen molar-refractivity contribution >= 4 is 0 Å². The second-order valence-corrected chi connectivity index (χ2v) is 3.26. The van der Waals surface area contributed by atoms with Gasteiger partial charge >= 0.3 is 5.95 Å². The van der Waals surface area contributed by atoms with Gasteiger partial charge in [-0.25, -0.2) is 4.98 Å². The number of benzene rings is 1. The molecule has 2 rings (SSSR count). The van der Waals surface area contributed by atoms with E-state index < -0.39 is 0 Å². The lowest BCUT2D eigenvalue weighted by atomic mass is 10.2. The molecule has 0 amide bonds. The fourth-order valence-electron chi connectivity index (χ4n) is 1.46. The van der Waals surface area contributed by atoms with E-state index in [2.05, 4.69) is 4.98 Å². The van der Waals surface area contributed by atoms with Gasteiger partial charge in [0, 0.05) is 5.56 Å². The number of methoxy groups -OCH3 is 3. The van der Waals surface area contributed by atoms with Gasteiger partial charge in [-0.15, -0.1) is 0 Å². The zero-order chi connectivity index (χ0) is 12.3. The van der Waals surface area contributed by atoms with Crippen LogP contribution in [0.3, 0.4) is 0 Å². The molecule has 5 nitrogen and oxygen atoms in total. The maximum atomic E-state index is 5.36. The number of rotatable bonds is 4. The predicted octanol–water partition coefficient (Wildman–Crippen LogP) is 2.37. The van der Waals surface area contributed by atoms with Gasteiger partial charge in [0.1, 0.15) is 6.20 Å². The molecule has 0 aliphatic rings. The summed E-state index contributed by atoms with van der Waals surface area (Å²) in [6, 6.07) is 5.43. The minimum atomic E-state index is 0.370. The van der Waals surface area contributed by atoms with Gasteiger partial charge in [-0.1, -0.05) is 0 Å². The minimum absolute atomic E-state index is 0.370. The van der Waals surface area contributed by atoms with E-state index in [4.69, 9.17) is 18.6 Å². The minimum Gasteiger partial charge on any atom is -0.493 e. The van der Waals surface area contributed by atoms with Crippen LogP contribution in [-0.4, -0.2) is 26.3 Å². The summed E-state index contributed by atoms with van der Waals surface area (Å²) >= 11 is 0. The van der Waals surface area contributed by atoms with Gasteiger partial charge in [-0.05, 0) is 18.2 Å². The molecule has 2 aromatic rings. The van der Waals surface area contributed by atoms with Crippen molar-refractivity contribution in [3.8, 4) is 28.9 Å². The first kappa shape index (κ1) is 11.3. The fraction of sp³-hybridized carbons (Fsp3) is 0.250. The van der Waals surface area contributed by atoms with Crippen LogP contribution < -0.4 is 14.2 Å². The third kappa shape index (κ3) is 2.18. The fourth-order valence-corrected chi connectivity index (χ4v) is 1.46. The van der Waals surface area contributed by atoms with Crippen molar-refractivity contribution in [2.24, 2.45) is 0 Å². The Morgan fingerprint density at radius 3 is 2.35 bits per heavy atom. The second-order valence-electron chi connectivity index (χ2n) is 3.26. The maximum Gasteiger partial charge on any atom is 0.305 e. The molecule has 0 bridgehead atoms. The van der Waals surface area contributed by atoms with Gasteiger partial charge < -0.3 is 18.6 Å². The summed E-state index contributed by atoms with van der Waals surface area (Å²) < 4.78 is 20.7. The standard InChI is InChI=1S/C12H13NO4/c1-14-9-5-4-8(6-10(9)15-2)12-13-7-11(16-3)17-12/h4-7H,1-3H3. The molecular formula is C12H13NO4. The van der Waals surface area contributed by atoms with Crippen LogP contribution in [-0.2, 0) is 0 Å². The van der Waals surface area contributed by atoms with E-state index in [1.807, 2.05) is 6.07 Å². The van der Waals surface area contributed by atoms with Crippen LogP contribution in [0.4, 0.5) is 0 Å². The van der Waals surface area contributed by atoms with Gasteiger partial charge in [0.05, 0.1) is 21.3 Å². The van der Waals surface area contributed by atoms with Crippen LogP contribution >= 0.6 is 0 Å². The predicted molar refractivity (Wildman–Crippen MR) is 61.6 cm³/mol. The Labute approximate surface area is 98.9 Å². The summed E-state index contributed by atoms with van der Waals surface area (Å²) in [5.74, 6) is 2.13. The highest BCUT2D eigenvalue weighted by Crippen LogP contribution is 2.32. The van der Waals surface area contributed by atoms with Crippen molar-refractivity contribution in [3.63, 3.8) is 0 Å². The Bertz CT molecular complexity index is 507. The van der Waals surface area contributed by atoms with Crippen molar-refractivity contribution in [2.45, 2.75) is 0 Å². The quantitative estimate of drug-likeness (QED) is 0.814. The first-order valence-corrected chi connectivity index (χ1v) is 5.00. The Kier molecular flexibility index (Phi) is 3.18. The van der Waals surface area contributed by atoms with E-state index in [1.165, 1.54) is 13.3 Å². The molecule has 17 heavy (non-hydrogen) atoms. The van der Waals surface area contributed by atoms with Gasteiger partial charge in [0.15, 0.2) is 11.5 Å². The van der Waals surface area contributed by atoms with E-state index in [0.29, 0.717) is 23.3 Å². The van der Waals surface area contributed by atoms with Crippen LogP contribution in [0.25, 0.3) is 11.5 Å².